The molecule has 0 aliphatic heterocycles. The molecular formula is C23H26N4O2. The molecule has 0 bridgehead atoms. The Kier molecular flexibility index (Phi) is 5.09. The van der Waals surface area contributed by atoms with Crippen molar-refractivity contribution in [3.05, 3.63) is 76.1 Å². The molecule has 1 aliphatic carbocycles. The van der Waals surface area contributed by atoms with E-state index in [1.165, 1.54) is 10.1 Å². The quantitative estimate of drug-likeness (QED) is 0.545. The van der Waals surface area contributed by atoms with Gasteiger partial charge in [0.25, 0.3) is 11.5 Å². The van der Waals surface area contributed by atoms with Gasteiger partial charge >= 0.3 is 0 Å². The number of aromatic nitrogens is 3. The first-order valence-corrected chi connectivity index (χ1v) is 10.0. The first-order chi connectivity index (χ1) is 14.0. The summed E-state index contributed by atoms with van der Waals surface area (Å²) in [6.07, 6.45) is 11.1. The highest BCUT2D eigenvalue weighted by atomic mass is 16.2. The Hall–Kier alpha value is -3.15. The molecule has 6 heteroatoms. The van der Waals surface area contributed by atoms with Gasteiger partial charge in [-0.15, -0.1) is 6.58 Å². The molecule has 0 radical (unpaired) electrons. The third kappa shape index (κ3) is 3.39. The number of nitrogens with zero attached hydrogens (tertiary/aromatic N) is 3. The molecular weight excluding hydrogens is 364 g/mol. The zero-order valence-corrected chi connectivity index (χ0v) is 16.9. The van der Waals surface area contributed by atoms with Crippen molar-refractivity contribution in [1.29, 1.82) is 0 Å². The van der Waals surface area contributed by atoms with E-state index in [2.05, 4.69) is 22.6 Å². The second kappa shape index (κ2) is 7.70. The van der Waals surface area contributed by atoms with E-state index in [4.69, 9.17) is 0 Å². The van der Waals surface area contributed by atoms with E-state index in [0.29, 0.717) is 23.0 Å². The summed E-state index contributed by atoms with van der Waals surface area (Å²) in [5, 5.41) is 0.671. The Bertz CT molecular complexity index is 1140. The lowest BCUT2D eigenvalue weighted by atomic mass is 9.99. The lowest BCUT2D eigenvalue weighted by Gasteiger charge is -2.29. The maximum Gasteiger partial charge on any atom is 0.275 e. The lowest BCUT2D eigenvalue weighted by molar-refractivity contribution is 0.0723. The van der Waals surface area contributed by atoms with E-state index >= 15 is 0 Å². The predicted molar refractivity (Wildman–Crippen MR) is 114 cm³/mol. The SMILES string of the molecule is C=CCn1cc(C(=O)N(C)C2CCCCc3ccncc32)c2cc(C)[nH]c2c1=O. The van der Waals surface area contributed by atoms with Crippen LogP contribution in [-0.4, -0.2) is 32.4 Å². The molecule has 4 rings (SSSR count). The third-order valence-corrected chi connectivity index (χ3v) is 5.83. The minimum Gasteiger partial charge on any atom is -0.354 e. The largest absolute Gasteiger partial charge is 0.354 e. The van der Waals surface area contributed by atoms with Crippen LogP contribution in [0.25, 0.3) is 10.9 Å². The van der Waals surface area contributed by atoms with E-state index in [0.717, 1.165) is 36.9 Å². The van der Waals surface area contributed by atoms with Gasteiger partial charge in [-0.25, -0.2) is 0 Å². The summed E-state index contributed by atoms with van der Waals surface area (Å²) in [5.74, 6) is -0.0893. The molecule has 3 aromatic heterocycles. The number of fused-ring (bicyclic) bond motifs is 2. The summed E-state index contributed by atoms with van der Waals surface area (Å²) >= 11 is 0. The van der Waals surface area contributed by atoms with Crippen molar-refractivity contribution in [1.82, 2.24) is 19.4 Å². The zero-order valence-electron chi connectivity index (χ0n) is 16.9. The number of aromatic amines is 1. The molecule has 29 heavy (non-hydrogen) atoms. The summed E-state index contributed by atoms with van der Waals surface area (Å²) in [6.45, 7) is 5.97. The first kappa shape index (κ1) is 19.2. The van der Waals surface area contributed by atoms with Gasteiger partial charge in [0.15, 0.2) is 0 Å². The summed E-state index contributed by atoms with van der Waals surface area (Å²) in [4.78, 5) is 35.6. The molecule has 0 saturated carbocycles. The highest BCUT2D eigenvalue weighted by molar-refractivity contribution is 6.06. The van der Waals surface area contributed by atoms with Crippen molar-refractivity contribution in [3.8, 4) is 0 Å². The molecule has 0 fully saturated rings. The van der Waals surface area contributed by atoms with Crippen molar-refractivity contribution in [3.63, 3.8) is 0 Å². The van der Waals surface area contributed by atoms with Crippen LogP contribution < -0.4 is 5.56 Å². The molecule has 0 saturated heterocycles. The number of pyridine rings is 2. The van der Waals surface area contributed by atoms with Gasteiger partial charge < -0.3 is 14.5 Å². The molecule has 150 valence electrons. The van der Waals surface area contributed by atoms with Gasteiger partial charge in [0.05, 0.1) is 11.6 Å². The summed E-state index contributed by atoms with van der Waals surface area (Å²) in [5.41, 5.74) is 4.10. The average molecular weight is 390 g/mol. The van der Waals surface area contributed by atoms with Crippen LogP contribution in [0.2, 0.25) is 0 Å². The van der Waals surface area contributed by atoms with Crippen molar-refractivity contribution in [2.75, 3.05) is 7.05 Å². The van der Waals surface area contributed by atoms with Crippen LogP contribution in [0.3, 0.4) is 0 Å². The second-order valence-corrected chi connectivity index (χ2v) is 7.78. The normalized spacial score (nSPS) is 16.3. The van der Waals surface area contributed by atoms with E-state index in [-0.39, 0.29) is 17.5 Å². The number of aryl methyl sites for hydroxylation is 2. The Morgan fingerprint density at radius 2 is 2.28 bits per heavy atom. The fourth-order valence-electron chi connectivity index (χ4n) is 4.35. The van der Waals surface area contributed by atoms with Gasteiger partial charge in [0.1, 0.15) is 5.52 Å². The predicted octanol–water partition coefficient (Wildman–Crippen LogP) is 3.76. The van der Waals surface area contributed by atoms with E-state index in [1.807, 2.05) is 37.3 Å². The number of carbonyl (C=O) groups excluding carboxylic acids is 1. The molecule has 1 N–H and O–H groups in total. The van der Waals surface area contributed by atoms with Gasteiger partial charge in [0, 0.05) is 43.3 Å². The minimum absolute atomic E-state index is 0.0245. The topological polar surface area (TPSA) is 71.0 Å². The standard InChI is InChI=1S/C23H26N4O2/c1-4-11-27-14-19(17-12-15(2)25-21(17)23(27)29)22(28)26(3)20-8-6-5-7-16-9-10-24-13-18(16)20/h4,9-10,12-14,20,25H,1,5-8,11H2,2-3H3. The third-order valence-electron chi connectivity index (χ3n) is 5.83. The molecule has 0 spiro atoms. The number of nitrogens with one attached hydrogen (secondary N) is 1. The first-order valence-electron chi connectivity index (χ1n) is 10.0. The van der Waals surface area contributed by atoms with Gasteiger partial charge in [0.2, 0.25) is 0 Å². The second-order valence-electron chi connectivity index (χ2n) is 7.78. The number of hydrogen-bond donors (Lipinski definition) is 1. The van der Waals surface area contributed by atoms with Crippen molar-refractivity contribution < 1.29 is 4.79 Å². The molecule has 6 nitrogen and oxygen atoms in total. The Morgan fingerprint density at radius 1 is 1.45 bits per heavy atom. The fourth-order valence-corrected chi connectivity index (χ4v) is 4.35. The van der Waals surface area contributed by atoms with Gasteiger partial charge in [-0.05, 0) is 49.4 Å². The van der Waals surface area contributed by atoms with E-state index in [9.17, 15) is 9.59 Å². The van der Waals surface area contributed by atoms with Gasteiger partial charge in [-0.3, -0.25) is 14.6 Å². The van der Waals surface area contributed by atoms with Crippen LogP contribution in [0.15, 0.2) is 48.2 Å². The molecule has 0 aromatic carbocycles. The lowest BCUT2D eigenvalue weighted by Crippen LogP contribution is -2.33. The fraction of sp³-hybridized carbons (Fsp3) is 0.348. The van der Waals surface area contributed by atoms with Crippen molar-refractivity contribution in [2.45, 2.75) is 45.2 Å². The molecule has 1 atom stereocenters. The van der Waals surface area contributed by atoms with E-state index < -0.39 is 0 Å². The van der Waals surface area contributed by atoms with E-state index in [1.54, 1.807) is 12.3 Å². The average Bonchev–Trinajstić information content (AvgIpc) is 2.99. The van der Waals surface area contributed by atoms with Crippen LogP contribution in [0.5, 0.6) is 0 Å². The number of amides is 1. The number of hydrogen-bond acceptors (Lipinski definition) is 3. The number of rotatable bonds is 4. The summed E-state index contributed by atoms with van der Waals surface area (Å²) in [6, 6.07) is 3.91. The number of H-pyrrole nitrogens is 1. The Balaban J connectivity index is 1.80. The van der Waals surface area contributed by atoms with Crippen LogP contribution in [0.4, 0.5) is 0 Å². The van der Waals surface area contributed by atoms with Crippen molar-refractivity contribution >= 4 is 16.8 Å². The number of allylic oxidation sites excluding steroid dienone is 1. The Morgan fingerprint density at radius 3 is 3.07 bits per heavy atom. The van der Waals surface area contributed by atoms with Gasteiger partial charge in [-0.2, -0.15) is 0 Å². The van der Waals surface area contributed by atoms with Crippen LogP contribution in [-0.2, 0) is 13.0 Å². The molecule has 1 unspecified atom stereocenters. The highest BCUT2D eigenvalue weighted by Crippen LogP contribution is 2.33. The molecule has 1 aliphatic rings. The Labute approximate surface area is 169 Å². The smallest absolute Gasteiger partial charge is 0.275 e. The highest BCUT2D eigenvalue weighted by Gasteiger charge is 2.28. The maximum atomic E-state index is 13.6. The van der Waals surface area contributed by atoms with Crippen molar-refractivity contribution in [2.24, 2.45) is 0 Å². The molecule has 1 amide bonds. The monoisotopic (exact) mass is 390 g/mol. The zero-order chi connectivity index (χ0) is 20.5. The van der Waals surface area contributed by atoms with Gasteiger partial charge in [-0.1, -0.05) is 12.5 Å². The van der Waals surface area contributed by atoms with Crippen LogP contribution in [0, 0.1) is 6.92 Å². The number of carbonyl (C=O) groups is 1. The minimum atomic E-state index is -0.142. The van der Waals surface area contributed by atoms with Crippen LogP contribution >= 0.6 is 0 Å². The molecule has 3 heterocycles. The molecule has 3 aromatic rings. The summed E-state index contributed by atoms with van der Waals surface area (Å²) < 4.78 is 1.54. The summed E-state index contributed by atoms with van der Waals surface area (Å²) in [7, 11) is 1.85. The maximum absolute atomic E-state index is 13.6. The van der Waals surface area contributed by atoms with Crippen LogP contribution in [0.1, 0.15) is 52.5 Å².